The predicted octanol–water partition coefficient (Wildman–Crippen LogP) is 2.37. The van der Waals surface area contributed by atoms with Crippen LogP contribution in [-0.4, -0.2) is 38.4 Å². The number of nitrogens with zero attached hydrogens (tertiary/aromatic N) is 1. The summed E-state index contributed by atoms with van der Waals surface area (Å²) in [6.07, 6.45) is 2.41. The minimum absolute atomic E-state index is 0. The van der Waals surface area contributed by atoms with Crippen molar-refractivity contribution in [3.8, 4) is 0 Å². The van der Waals surface area contributed by atoms with Crippen LogP contribution in [0.25, 0.3) is 11.0 Å². The normalized spacial score (nSPS) is 16.1. The lowest BCUT2D eigenvalue weighted by atomic mass is 10.1. The second kappa shape index (κ2) is 8.31. The molecule has 1 aliphatic heterocycles. The zero-order chi connectivity index (χ0) is 17.2. The van der Waals surface area contributed by atoms with E-state index in [1.165, 1.54) is 12.1 Å². The molecule has 1 N–H and O–H groups in total. The summed E-state index contributed by atoms with van der Waals surface area (Å²) in [6, 6.07) is 7.57. The standard InChI is InChI=1S/C17H22N2O4S.ClH/c1-2-11-19(14-7-9-18-10-8-14)24(21,22)15-4-5-16-13(12-15)3-6-17(20)23-16;/h3-6,12,14,18H,2,7-11H2,1H3;1H. The van der Waals surface area contributed by atoms with Crippen LogP contribution >= 0.6 is 12.4 Å². The smallest absolute Gasteiger partial charge is 0.336 e. The fraction of sp³-hybridized carbons (Fsp3) is 0.471. The van der Waals surface area contributed by atoms with Gasteiger partial charge in [0.15, 0.2) is 0 Å². The van der Waals surface area contributed by atoms with E-state index in [0.29, 0.717) is 17.5 Å². The molecule has 2 heterocycles. The van der Waals surface area contributed by atoms with Crippen LogP contribution in [0.4, 0.5) is 0 Å². The van der Waals surface area contributed by atoms with Crippen molar-refractivity contribution in [1.29, 1.82) is 0 Å². The van der Waals surface area contributed by atoms with Gasteiger partial charge in [-0.05, 0) is 56.6 Å². The first kappa shape index (κ1) is 19.9. The van der Waals surface area contributed by atoms with Crippen LogP contribution in [0.15, 0.2) is 44.4 Å². The lowest BCUT2D eigenvalue weighted by Crippen LogP contribution is -2.46. The first-order valence-corrected chi connectivity index (χ1v) is 9.73. The van der Waals surface area contributed by atoms with Crippen LogP contribution in [0, 0.1) is 0 Å². The Morgan fingerprint density at radius 1 is 1.20 bits per heavy atom. The summed E-state index contributed by atoms with van der Waals surface area (Å²) < 4.78 is 33.0. The number of hydrogen-bond donors (Lipinski definition) is 1. The molecule has 1 aliphatic rings. The van der Waals surface area contributed by atoms with Crippen molar-refractivity contribution < 1.29 is 12.8 Å². The molecule has 1 fully saturated rings. The van der Waals surface area contributed by atoms with E-state index < -0.39 is 15.6 Å². The molecule has 3 rings (SSSR count). The average Bonchev–Trinajstić information content (AvgIpc) is 2.59. The zero-order valence-corrected chi connectivity index (χ0v) is 15.7. The second-order valence-corrected chi connectivity index (χ2v) is 7.94. The summed E-state index contributed by atoms with van der Waals surface area (Å²) in [7, 11) is -3.58. The van der Waals surface area contributed by atoms with Gasteiger partial charge in [-0.15, -0.1) is 12.4 Å². The number of benzene rings is 1. The highest BCUT2D eigenvalue weighted by Gasteiger charge is 2.31. The van der Waals surface area contributed by atoms with E-state index in [4.69, 9.17) is 4.42 Å². The topological polar surface area (TPSA) is 79.6 Å². The fourth-order valence-corrected chi connectivity index (χ4v) is 4.97. The number of piperidine rings is 1. The van der Waals surface area contributed by atoms with Gasteiger partial charge in [0, 0.05) is 24.0 Å². The Morgan fingerprint density at radius 3 is 2.60 bits per heavy atom. The highest BCUT2D eigenvalue weighted by molar-refractivity contribution is 7.89. The van der Waals surface area contributed by atoms with Gasteiger partial charge >= 0.3 is 5.63 Å². The summed E-state index contributed by atoms with van der Waals surface area (Å²) in [5.74, 6) is 0. The van der Waals surface area contributed by atoms with E-state index in [1.807, 2.05) is 6.92 Å². The Hall–Kier alpha value is -1.41. The third kappa shape index (κ3) is 4.23. The molecule has 0 spiro atoms. The molecule has 1 aromatic heterocycles. The quantitative estimate of drug-likeness (QED) is 0.798. The van der Waals surface area contributed by atoms with Crippen molar-refractivity contribution in [2.24, 2.45) is 0 Å². The SMILES string of the molecule is CCCN(C1CCNCC1)S(=O)(=O)c1ccc2oc(=O)ccc2c1.Cl. The molecule has 6 nitrogen and oxygen atoms in total. The monoisotopic (exact) mass is 386 g/mol. The van der Waals surface area contributed by atoms with Crippen molar-refractivity contribution in [2.75, 3.05) is 19.6 Å². The van der Waals surface area contributed by atoms with Gasteiger partial charge in [-0.1, -0.05) is 6.92 Å². The predicted molar refractivity (Wildman–Crippen MR) is 99.8 cm³/mol. The third-order valence-electron chi connectivity index (χ3n) is 4.36. The molecule has 138 valence electrons. The Labute approximate surface area is 153 Å². The summed E-state index contributed by atoms with van der Waals surface area (Å²) >= 11 is 0. The largest absolute Gasteiger partial charge is 0.423 e. The number of hydrogen-bond acceptors (Lipinski definition) is 5. The van der Waals surface area contributed by atoms with E-state index in [9.17, 15) is 13.2 Å². The van der Waals surface area contributed by atoms with Crippen molar-refractivity contribution in [2.45, 2.75) is 37.1 Å². The lowest BCUT2D eigenvalue weighted by Gasteiger charge is -2.33. The molecule has 1 aromatic carbocycles. The van der Waals surface area contributed by atoms with Gasteiger partial charge in [0.2, 0.25) is 10.0 Å². The van der Waals surface area contributed by atoms with Gasteiger partial charge in [-0.2, -0.15) is 4.31 Å². The molecule has 25 heavy (non-hydrogen) atoms. The van der Waals surface area contributed by atoms with Gasteiger partial charge in [-0.3, -0.25) is 0 Å². The van der Waals surface area contributed by atoms with E-state index in [0.717, 1.165) is 32.4 Å². The van der Waals surface area contributed by atoms with Gasteiger partial charge < -0.3 is 9.73 Å². The number of nitrogens with one attached hydrogen (secondary N) is 1. The van der Waals surface area contributed by atoms with Crippen LogP contribution in [-0.2, 0) is 10.0 Å². The van der Waals surface area contributed by atoms with Crippen LogP contribution < -0.4 is 10.9 Å². The minimum atomic E-state index is -3.58. The Balaban J connectivity index is 0.00000225. The molecule has 1 saturated heterocycles. The average molecular weight is 387 g/mol. The Bertz CT molecular complexity index is 876. The van der Waals surface area contributed by atoms with Crippen molar-refractivity contribution in [1.82, 2.24) is 9.62 Å². The first-order chi connectivity index (χ1) is 11.5. The maximum atomic E-state index is 13.1. The van der Waals surface area contributed by atoms with Crippen molar-refractivity contribution in [3.05, 3.63) is 40.8 Å². The molecule has 8 heteroatoms. The van der Waals surface area contributed by atoms with E-state index in [-0.39, 0.29) is 23.3 Å². The van der Waals surface area contributed by atoms with Crippen molar-refractivity contribution in [3.63, 3.8) is 0 Å². The van der Waals surface area contributed by atoms with Crippen LogP contribution in [0.1, 0.15) is 26.2 Å². The highest BCUT2D eigenvalue weighted by Crippen LogP contribution is 2.25. The molecule has 0 saturated carbocycles. The maximum Gasteiger partial charge on any atom is 0.336 e. The Kier molecular flexibility index (Phi) is 6.62. The molecular formula is C17H23ClN2O4S. The molecule has 0 unspecified atom stereocenters. The molecule has 0 aliphatic carbocycles. The van der Waals surface area contributed by atoms with E-state index in [2.05, 4.69) is 5.32 Å². The second-order valence-electron chi connectivity index (χ2n) is 6.05. The molecular weight excluding hydrogens is 364 g/mol. The first-order valence-electron chi connectivity index (χ1n) is 8.29. The van der Waals surface area contributed by atoms with Crippen LogP contribution in [0.5, 0.6) is 0 Å². The summed E-state index contributed by atoms with van der Waals surface area (Å²) in [4.78, 5) is 11.5. The lowest BCUT2D eigenvalue weighted by molar-refractivity contribution is 0.262. The number of halogens is 1. The van der Waals surface area contributed by atoms with Crippen molar-refractivity contribution >= 4 is 33.4 Å². The van der Waals surface area contributed by atoms with Gasteiger partial charge in [-0.25, -0.2) is 13.2 Å². The fourth-order valence-electron chi connectivity index (χ4n) is 3.16. The zero-order valence-electron chi connectivity index (χ0n) is 14.1. The van der Waals surface area contributed by atoms with E-state index >= 15 is 0 Å². The highest BCUT2D eigenvalue weighted by atomic mass is 35.5. The van der Waals surface area contributed by atoms with Gasteiger partial charge in [0.1, 0.15) is 5.58 Å². The number of fused-ring (bicyclic) bond motifs is 1. The number of sulfonamides is 1. The van der Waals surface area contributed by atoms with Crippen LogP contribution in [0.3, 0.4) is 0 Å². The molecule has 0 radical (unpaired) electrons. The summed E-state index contributed by atoms with van der Waals surface area (Å²) in [5.41, 5.74) is -0.0502. The van der Waals surface area contributed by atoms with Crippen LogP contribution in [0.2, 0.25) is 0 Å². The third-order valence-corrected chi connectivity index (χ3v) is 6.31. The molecule has 0 bridgehead atoms. The summed E-state index contributed by atoms with van der Waals surface area (Å²) in [6.45, 7) is 4.17. The number of rotatable bonds is 5. The van der Waals surface area contributed by atoms with Gasteiger partial charge in [0.05, 0.1) is 4.90 Å². The van der Waals surface area contributed by atoms with Gasteiger partial charge in [0.25, 0.3) is 0 Å². The molecule has 2 aromatic rings. The molecule has 0 amide bonds. The van der Waals surface area contributed by atoms with E-state index in [1.54, 1.807) is 22.5 Å². The Morgan fingerprint density at radius 2 is 1.92 bits per heavy atom. The summed E-state index contributed by atoms with van der Waals surface area (Å²) in [5, 5.41) is 3.88. The maximum absolute atomic E-state index is 13.1. The minimum Gasteiger partial charge on any atom is -0.423 e. The molecule has 0 atom stereocenters.